The van der Waals surface area contributed by atoms with Gasteiger partial charge in [0.2, 0.25) is 5.91 Å². The van der Waals surface area contributed by atoms with Crippen molar-refractivity contribution in [3.63, 3.8) is 0 Å². The Labute approximate surface area is 116 Å². The van der Waals surface area contributed by atoms with E-state index in [1.54, 1.807) is 12.1 Å². The highest BCUT2D eigenvalue weighted by Crippen LogP contribution is 2.22. The van der Waals surface area contributed by atoms with Gasteiger partial charge in [0.05, 0.1) is 13.1 Å². The smallest absolute Gasteiger partial charge is 0.377 e. The summed E-state index contributed by atoms with van der Waals surface area (Å²) in [5.74, 6) is -0.511. The summed E-state index contributed by atoms with van der Waals surface area (Å²) in [6.45, 7) is 0.369. The molecule has 0 bridgehead atoms. The second kappa shape index (κ2) is 6.60. The number of nitrogens with one attached hydrogen (secondary N) is 2. The van der Waals surface area contributed by atoms with Crippen LogP contribution in [-0.2, 0) is 4.79 Å². The first kappa shape index (κ1) is 16.3. The van der Waals surface area contributed by atoms with E-state index in [1.807, 2.05) is 37.3 Å². The van der Waals surface area contributed by atoms with Crippen molar-refractivity contribution in [1.29, 1.82) is 0 Å². The van der Waals surface area contributed by atoms with Gasteiger partial charge in [0, 0.05) is 25.5 Å². The molecule has 1 amide bonds. The molecule has 20 heavy (non-hydrogen) atoms. The second-order valence-electron chi connectivity index (χ2n) is 4.66. The van der Waals surface area contributed by atoms with Crippen molar-refractivity contribution in [2.45, 2.75) is 13.1 Å². The number of halogens is 3. The first-order chi connectivity index (χ1) is 9.19. The summed E-state index contributed by atoms with van der Waals surface area (Å²) >= 11 is 0. The van der Waals surface area contributed by atoms with Crippen LogP contribution in [0.1, 0.15) is 5.56 Å². The Kier molecular flexibility index (Phi) is 5.38. The van der Waals surface area contributed by atoms with Crippen LogP contribution in [0, 0.1) is 6.92 Å². The normalized spacial score (nSPS) is 11.3. The van der Waals surface area contributed by atoms with Gasteiger partial charge in [0.25, 0.3) is 0 Å². The van der Waals surface area contributed by atoms with Crippen molar-refractivity contribution in [2.24, 2.45) is 0 Å². The number of hydrogen-bond donors (Lipinski definition) is 2. The summed E-state index contributed by atoms with van der Waals surface area (Å²) in [6.07, 6.45) is -4.32. The molecular formula is C13H18F3N3O. The van der Waals surface area contributed by atoms with Gasteiger partial charge in [-0.25, -0.2) is 0 Å². The molecule has 0 aliphatic rings. The van der Waals surface area contributed by atoms with Crippen molar-refractivity contribution < 1.29 is 18.0 Å². The molecule has 0 aliphatic carbocycles. The molecule has 1 aromatic carbocycles. The Morgan fingerprint density at radius 3 is 2.50 bits per heavy atom. The molecule has 0 aliphatic heterocycles. The summed E-state index contributed by atoms with van der Waals surface area (Å²) < 4.78 is 35.8. The summed E-state index contributed by atoms with van der Waals surface area (Å²) in [7, 11) is 3.75. The van der Waals surface area contributed by atoms with Gasteiger partial charge < -0.3 is 15.5 Å². The number of carbonyl (C=O) groups excluding carboxylic acids is 1. The zero-order valence-electron chi connectivity index (χ0n) is 11.6. The first-order valence-electron chi connectivity index (χ1n) is 6.04. The fourth-order valence-corrected chi connectivity index (χ4v) is 1.69. The summed E-state index contributed by atoms with van der Waals surface area (Å²) in [6, 6.07) is 5.33. The van der Waals surface area contributed by atoms with Crippen LogP contribution >= 0.6 is 0 Å². The Morgan fingerprint density at radius 2 is 1.95 bits per heavy atom. The molecule has 0 radical (unpaired) electrons. The number of amides is 1. The van der Waals surface area contributed by atoms with Gasteiger partial charge in [-0.2, -0.15) is 13.2 Å². The maximum atomic E-state index is 11.9. The van der Waals surface area contributed by atoms with E-state index in [9.17, 15) is 18.0 Å². The zero-order chi connectivity index (χ0) is 15.3. The third-order valence-corrected chi connectivity index (χ3v) is 2.59. The first-order valence-corrected chi connectivity index (χ1v) is 6.04. The monoisotopic (exact) mass is 289 g/mol. The second-order valence-corrected chi connectivity index (χ2v) is 4.66. The van der Waals surface area contributed by atoms with Gasteiger partial charge >= 0.3 is 6.18 Å². The van der Waals surface area contributed by atoms with Gasteiger partial charge in [-0.05, 0) is 24.6 Å². The lowest BCUT2D eigenvalue weighted by atomic mass is 10.1. The van der Waals surface area contributed by atoms with E-state index in [0.717, 1.165) is 11.3 Å². The van der Waals surface area contributed by atoms with Crippen LogP contribution in [0.4, 0.5) is 24.5 Å². The highest BCUT2D eigenvalue weighted by Gasteiger charge is 2.26. The molecule has 1 rings (SSSR count). The van der Waals surface area contributed by atoms with Crippen LogP contribution in [0.5, 0.6) is 0 Å². The number of alkyl halides is 3. The maximum Gasteiger partial charge on any atom is 0.401 e. The van der Waals surface area contributed by atoms with Crippen molar-refractivity contribution in [2.75, 3.05) is 37.4 Å². The molecule has 0 saturated carbocycles. The lowest BCUT2D eigenvalue weighted by Crippen LogP contribution is -2.35. The number of aryl methyl sites for hydroxylation is 1. The summed E-state index contributed by atoms with van der Waals surface area (Å²) in [4.78, 5) is 13.4. The molecule has 0 aromatic heterocycles. The van der Waals surface area contributed by atoms with E-state index in [-0.39, 0.29) is 6.54 Å². The molecule has 0 spiro atoms. The van der Waals surface area contributed by atoms with Crippen molar-refractivity contribution in [3.8, 4) is 0 Å². The lowest BCUT2D eigenvalue weighted by Gasteiger charge is -2.17. The van der Waals surface area contributed by atoms with Crippen LogP contribution in [0.15, 0.2) is 18.2 Å². The minimum absolute atomic E-state index is 0.384. The predicted octanol–water partition coefficient (Wildman–Crippen LogP) is 2.15. The molecule has 1 aromatic rings. The zero-order valence-corrected chi connectivity index (χ0v) is 11.6. The largest absolute Gasteiger partial charge is 0.401 e. The standard InChI is InChI=1S/C13H18F3N3O/c1-9-4-5-10(6-11(9)19(2)3)18-12(20)7-17-8-13(14,15)16/h4-6,17H,7-8H2,1-3H3,(H,18,20). The lowest BCUT2D eigenvalue weighted by molar-refractivity contribution is -0.126. The maximum absolute atomic E-state index is 11.9. The van der Waals surface area contributed by atoms with E-state index in [4.69, 9.17) is 0 Å². The van der Waals surface area contributed by atoms with Crippen LogP contribution in [-0.4, -0.2) is 39.3 Å². The van der Waals surface area contributed by atoms with E-state index >= 15 is 0 Å². The van der Waals surface area contributed by atoms with Crippen molar-refractivity contribution >= 4 is 17.3 Å². The summed E-state index contributed by atoms with van der Waals surface area (Å²) in [5, 5.41) is 4.60. The number of nitrogens with zero attached hydrogens (tertiary/aromatic N) is 1. The number of rotatable bonds is 5. The van der Waals surface area contributed by atoms with Gasteiger partial charge in [-0.15, -0.1) is 0 Å². The molecule has 0 heterocycles. The van der Waals surface area contributed by atoms with Crippen LogP contribution in [0.3, 0.4) is 0 Å². The molecular weight excluding hydrogens is 271 g/mol. The molecule has 2 N–H and O–H groups in total. The molecule has 0 saturated heterocycles. The van der Waals surface area contributed by atoms with E-state index in [0.29, 0.717) is 5.69 Å². The minimum atomic E-state index is -4.32. The van der Waals surface area contributed by atoms with Gasteiger partial charge in [0.1, 0.15) is 0 Å². The SMILES string of the molecule is Cc1ccc(NC(=O)CNCC(F)(F)F)cc1N(C)C. The highest BCUT2D eigenvalue weighted by molar-refractivity contribution is 5.92. The van der Waals surface area contributed by atoms with E-state index < -0.39 is 18.6 Å². The third-order valence-electron chi connectivity index (χ3n) is 2.59. The number of hydrogen-bond acceptors (Lipinski definition) is 3. The quantitative estimate of drug-likeness (QED) is 0.873. The molecule has 0 fully saturated rings. The predicted molar refractivity (Wildman–Crippen MR) is 73.1 cm³/mol. The molecule has 0 unspecified atom stereocenters. The van der Waals surface area contributed by atoms with E-state index in [1.165, 1.54) is 0 Å². The average molecular weight is 289 g/mol. The topological polar surface area (TPSA) is 44.4 Å². The Hall–Kier alpha value is -1.76. The Balaban J connectivity index is 2.56. The van der Waals surface area contributed by atoms with Gasteiger partial charge in [0.15, 0.2) is 0 Å². The number of carbonyl (C=O) groups is 1. The van der Waals surface area contributed by atoms with Crippen LogP contribution in [0.25, 0.3) is 0 Å². The molecule has 112 valence electrons. The number of benzene rings is 1. The highest BCUT2D eigenvalue weighted by atomic mass is 19.4. The molecule has 0 atom stereocenters. The van der Waals surface area contributed by atoms with E-state index in [2.05, 4.69) is 5.32 Å². The van der Waals surface area contributed by atoms with Gasteiger partial charge in [-0.3, -0.25) is 4.79 Å². The number of anilines is 2. The van der Waals surface area contributed by atoms with Gasteiger partial charge in [-0.1, -0.05) is 6.07 Å². The minimum Gasteiger partial charge on any atom is -0.377 e. The summed E-state index contributed by atoms with van der Waals surface area (Å²) in [5.41, 5.74) is 2.53. The average Bonchev–Trinajstić information content (AvgIpc) is 2.29. The van der Waals surface area contributed by atoms with Crippen LogP contribution < -0.4 is 15.5 Å². The van der Waals surface area contributed by atoms with Crippen molar-refractivity contribution in [3.05, 3.63) is 23.8 Å². The van der Waals surface area contributed by atoms with Crippen molar-refractivity contribution in [1.82, 2.24) is 5.32 Å². The molecule has 4 nitrogen and oxygen atoms in total. The Morgan fingerprint density at radius 1 is 1.30 bits per heavy atom. The third kappa shape index (κ3) is 5.48. The fourth-order valence-electron chi connectivity index (χ4n) is 1.69. The Bertz CT molecular complexity index is 472. The fraction of sp³-hybridized carbons (Fsp3) is 0.462. The van der Waals surface area contributed by atoms with Crippen LogP contribution in [0.2, 0.25) is 0 Å². The molecule has 7 heteroatoms.